The number of nitrogens with two attached hydrogens (primary N) is 1. The number of nitrogen functional groups attached to an aromatic ring is 1. The maximum atomic E-state index is 11.0. The summed E-state index contributed by atoms with van der Waals surface area (Å²) >= 11 is 0. The molecule has 0 spiro atoms. The number of hydrogen-bond acceptors (Lipinski definition) is 3. The minimum atomic E-state index is -0.129. The molecule has 0 fully saturated rings. The first-order valence-electron chi connectivity index (χ1n) is 4.77. The molecule has 0 aliphatic heterocycles. The van der Waals surface area contributed by atoms with Crippen LogP contribution in [0.1, 0.15) is 13.3 Å². The molecule has 0 unspecified atom stereocenters. The van der Waals surface area contributed by atoms with E-state index in [4.69, 9.17) is 10.5 Å². The van der Waals surface area contributed by atoms with E-state index in [0.717, 1.165) is 19.6 Å². The monoisotopic (exact) mass is 196 g/mol. The average molecular weight is 196 g/mol. The van der Waals surface area contributed by atoms with Crippen LogP contribution < -0.4 is 11.2 Å². The van der Waals surface area contributed by atoms with Crippen LogP contribution in [0, 0.1) is 0 Å². The number of nitrogens with zero attached hydrogens (tertiary/aromatic N) is 1. The van der Waals surface area contributed by atoms with Crippen molar-refractivity contribution >= 4 is 5.69 Å². The Labute approximate surface area is 83.3 Å². The molecular formula is C10H16N2O2. The standard InChI is InChI=1S/C10H16N2O2/c1-2-6-14-7-5-12-4-3-10(13)9(11)8-12/h3-4,8H,2,5-7,11H2,1H3. The topological polar surface area (TPSA) is 57.2 Å². The van der Waals surface area contributed by atoms with Gasteiger partial charge in [-0.1, -0.05) is 6.92 Å². The summed E-state index contributed by atoms with van der Waals surface area (Å²) in [6.45, 7) is 4.22. The fourth-order valence-corrected chi connectivity index (χ4v) is 1.10. The van der Waals surface area contributed by atoms with Gasteiger partial charge in [-0.2, -0.15) is 0 Å². The Morgan fingerprint density at radius 2 is 2.29 bits per heavy atom. The zero-order chi connectivity index (χ0) is 10.4. The van der Waals surface area contributed by atoms with Crippen LogP contribution in [-0.4, -0.2) is 17.8 Å². The van der Waals surface area contributed by atoms with E-state index in [1.165, 1.54) is 6.07 Å². The third-order valence-corrected chi connectivity index (χ3v) is 1.85. The lowest BCUT2D eigenvalue weighted by atomic mass is 10.4. The zero-order valence-electron chi connectivity index (χ0n) is 8.40. The Morgan fingerprint density at radius 1 is 1.50 bits per heavy atom. The number of ether oxygens (including phenoxy) is 1. The molecule has 4 nitrogen and oxygen atoms in total. The van der Waals surface area contributed by atoms with Crippen molar-refractivity contribution < 1.29 is 4.74 Å². The number of rotatable bonds is 5. The molecule has 14 heavy (non-hydrogen) atoms. The van der Waals surface area contributed by atoms with Gasteiger partial charge in [-0.25, -0.2) is 0 Å². The molecule has 0 aliphatic rings. The van der Waals surface area contributed by atoms with Crippen molar-refractivity contribution in [2.75, 3.05) is 18.9 Å². The fraction of sp³-hybridized carbons (Fsp3) is 0.500. The van der Waals surface area contributed by atoms with Gasteiger partial charge < -0.3 is 15.0 Å². The minimum absolute atomic E-state index is 0.129. The molecule has 0 bridgehead atoms. The van der Waals surface area contributed by atoms with Gasteiger partial charge >= 0.3 is 0 Å². The van der Waals surface area contributed by atoms with Crippen molar-refractivity contribution in [2.24, 2.45) is 0 Å². The first kappa shape index (κ1) is 10.8. The molecular weight excluding hydrogens is 180 g/mol. The van der Waals surface area contributed by atoms with Gasteiger partial charge in [0.05, 0.1) is 12.3 Å². The molecule has 1 rings (SSSR count). The second kappa shape index (κ2) is 5.44. The van der Waals surface area contributed by atoms with Crippen LogP contribution in [0.25, 0.3) is 0 Å². The van der Waals surface area contributed by atoms with Gasteiger partial charge in [-0.3, -0.25) is 4.79 Å². The van der Waals surface area contributed by atoms with Crippen molar-refractivity contribution in [3.05, 3.63) is 28.7 Å². The van der Waals surface area contributed by atoms with Crippen LogP contribution in [0.2, 0.25) is 0 Å². The number of pyridine rings is 1. The summed E-state index contributed by atoms with van der Waals surface area (Å²) in [6, 6.07) is 1.47. The molecule has 1 aromatic heterocycles. The average Bonchev–Trinajstić information content (AvgIpc) is 2.18. The van der Waals surface area contributed by atoms with Crippen LogP contribution in [0.4, 0.5) is 5.69 Å². The van der Waals surface area contributed by atoms with Crippen LogP contribution in [0.15, 0.2) is 23.3 Å². The summed E-state index contributed by atoms with van der Waals surface area (Å²) in [5.41, 5.74) is 5.63. The predicted molar refractivity (Wildman–Crippen MR) is 56.2 cm³/mol. The Morgan fingerprint density at radius 3 is 2.93 bits per heavy atom. The molecule has 0 saturated heterocycles. The van der Waals surface area contributed by atoms with Gasteiger partial charge in [-0.15, -0.1) is 0 Å². The van der Waals surface area contributed by atoms with E-state index in [0.29, 0.717) is 6.61 Å². The number of anilines is 1. The van der Waals surface area contributed by atoms with Crippen molar-refractivity contribution in [3.63, 3.8) is 0 Å². The highest BCUT2D eigenvalue weighted by molar-refractivity contribution is 5.33. The first-order valence-corrected chi connectivity index (χ1v) is 4.77. The highest BCUT2D eigenvalue weighted by Crippen LogP contribution is 1.93. The summed E-state index contributed by atoms with van der Waals surface area (Å²) in [6.07, 6.45) is 4.37. The number of aromatic nitrogens is 1. The van der Waals surface area contributed by atoms with Gasteiger partial charge in [0, 0.05) is 31.6 Å². The van der Waals surface area contributed by atoms with Gasteiger partial charge in [-0.05, 0) is 6.42 Å². The lowest BCUT2D eigenvalue weighted by Gasteiger charge is -2.06. The van der Waals surface area contributed by atoms with Gasteiger partial charge in [0.1, 0.15) is 0 Å². The van der Waals surface area contributed by atoms with Gasteiger partial charge in [0.2, 0.25) is 5.43 Å². The van der Waals surface area contributed by atoms with Gasteiger partial charge in [0.15, 0.2) is 0 Å². The molecule has 1 aromatic rings. The molecule has 2 N–H and O–H groups in total. The van der Waals surface area contributed by atoms with E-state index < -0.39 is 0 Å². The smallest absolute Gasteiger partial charge is 0.204 e. The summed E-state index contributed by atoms with van der Waals surface area (Å²) in [4.78, 5) is 11.0. The van der Waals surface area contributed by atoms with Crippen LogP contribution in [0.3, 0.4) is 0 Å². The van der Waals surface area contributed by atoms with E-state index in [-0.39, 0.29) is 11.1 Å². The quantitative estimate of drug-likeness (QED) is 0.710. The summed E-state index contributed by atoms with van der Waals surface area (Å²) in [5.74, 6) is 0. The molecule has 0 aromatic carbocycles. The molecule has 1 heterocycles. The lowest BCUT2D eigenvalue weighted by molar-refractivity contribution is 0.127. The van der Waals surface area contributed by atoms with Crippen molar-refractivity contribution in [1.82, 2.24) is 4.57 Å². The Balaban J connectivity index is 2.43. The largest absolute Gasteiger partial charge is 0.394 e. The maximum absolute atomic E-state index is 11.0. The van der Waals surface area contributed by atoms with Crippen molar-refractivity contribution in [3.8, 4) is 0 Å². The minimum Gasteiger partial charge on any atom is -0.394 e. The zero-order valence-corrected chi connectivity index (χ0v) is 8.40. The van der Waals surface area contributed by atoms with E-state index in [1.54, 1.807) is 12.4 Å². The lowest BCUT2D eigenvalue weighted by Crippen LogP contribution is -2.13. The number of hydrogen-bond donors (Lipinski definition) is 1. The van der Waals surface area contributed by atoms with E-state index in [1.807, 2.05) is 4.57 Å². The Bertz CT molecular complexity index is 333. The van der Waals surface area contributed by atoms with E-state index >= 15 is 0 Å². The highest BCUT2D eigenvalue weighted by atomic mass is 16.5. The fourth-order valence-electron chi connectivity index (χ4n) is 1.10. The van der Waals surface area contributed by atoms with Crippen LogP contribution in [0.5, 0.6) is 0 Å². The molecule has 0 atom stereocenters. The second-order valence-electron chi connectivity index (χ2n) is 3.11. The molecule has 0 saturated carbocycles. The molecule has 0 radical (unpaired) electrons. The van der Waals surface area contributed by atoms with Crippen molar-refractivity contribution in [1.29, 1.82) is 0 Å². The molecule has 78 valence electrons. The molecule has 0 aliphatic carbocycles. The van der Waals surface area contributed by atoms with Crippen LogP contribution >= 0.6 is 0 Å². The SMILES string of the molecule is CCCOCCn1ccc(=O)c(N)c1. The maximum Gasteiger partial charge on any atom is 0.204 e. The van der Waals surface area contributed by atoms with Gasteiger partial charge in [0.25, 0.3) is 0 Å². The highest BCUT2D eigenvalue weighted by Gasteiger charge is 1.94. The van der Waals surface area contributed by atoms with E-state index in [9.17, 15) is 4.79 Å². The summed E-state index contributed by atoms with van der Waals surface area (Å²) < 4.78 is 7.17. The predicted octanol–water partition coefficient (Wildman–Crippen LogP) is 0.857. The third kappa shape index (κ3) is 3.22. The third-order valence-electron chi connectivity index (χ3n) is 1.85. The Hall–Kier alpha value is -1.29. The van der Waals surface area contributed by atoms with Crippen molar-refractivity contribution in [2.45, 2.75) is 19.9 Å². The first-order chi connectivity index (χ1) is 6.74. The summed E-state index contributed by atoms with van der Waals surface area (Å²) in [7, 11) is 0. The van der Waals surface area contributed by atoms with Crippen LogP contribution in [-0.2, 0) is 11.3 Å². The normalized spacial score (nSPS) is 10.4. The molecule has 4 heteroatoms. The van der Waals surface area contributed by atoms with E-state index in [2.05, 4.69) is 6.92 Å². The Kier molecular flexibility index (Phi) is 4.19. The summed E-state index contributed by atoms with van der Waals surface area (Å²) in [5, 5.41) is 0. The molecule has 0 amide bonds. The second-order valence-corrected chi connectivity index (χ2v) is 3.11.